The van der Waals surface area contributed by atoms with Crippen LogP contribution < -0.4 is 5.32 Å². The van der Waals surface area contributed by atoms with Crippen LogP contribution in [-0.2, 0) is 15.7 Å². The van der Waals surface area contributed by atoms with Crippen molar-refractivity contribution in [1.82, 2.24) is 14.6 Å². The van der Waals surface area contributed by atoms with Crippen LogP contribution in [0.25, 0.3) is 5.52 Å². The van der Waals surface area contributed by atoms with Crippen molar-refractivity contribution in [2.45, 2.75) is 26.1 Å². The van der Waals surface area contributed by atoms with E-state index in [1.807, 2.05) is 0 Å². The van der Waals surface area contributed by atoms with Gasteiger partial charge in [-0.25, -0.2) is 14.3 Å². The van der Waals surface area contributed by atoms with E-state index in [1.165, 1.54) is 19.3 Å². The topological polar surface area (TPSA) is 68.5 Å². The molecular formula is C12H13F3N4O2. The molecule has 0 bridgehead atoms. The summed E-state index contributed by atoms with van der Waals surface area (Å²) >= 11 is 0. The molecule has 2 aromatic rings. The molecule has 2 rings (SSSR count). The van der Waals surface area contributed by atoms with Crippen molar-refractivity contribution in [1.29, 1.82) is 0 Å². The van der Waals surface area contributed by atoms with Crippen LogP contribution in [0.15, 0.2) is 18.5 Å². The summed E-state index contributed by atoms with van der Waals surface area (Å²) in [5.74, 6) is -0.391. The lowest BCUT2D eigenvalue weighted by molar-refractivity contribution is -0.143. The van der Waals surface area contributed by atoms with Gasteiger partial charge in [-0.1, -0.05) is 0 Å². The number of fused-ring (bicyclic) bond motifs is 1. The Morgan fingerprint density at radius 1 is 1.52 bits per heavy atom. The zero-order valence-electron chi connectivity index (χ0n) is 11.3. The lowest BCUT2D eigenvalue weighted by Gasteiger charge is -2.13. The Labute approximate surface area is 117 Å². The Balaban J connectivity index is 2.32. The zero-order valence-corrected chi connectivity index (χ0v) is 11.3. The van der Waals surface area contributed by atoms with Gasteiger partial charge in [-0.15, -0.1) is 0 Å². The third-order valence-corrected chi connectivity index (χ3v) is 2.67. The molecule has 1 atom stereocenters. The standard InChI is InChI=1S/C12H13F3N4O2/c1-3-21-11(20)7(2)17-10-8-6-9(12(13,14)15)18-19(8)5-4-16-10/h4-7H,3H2,1-2H3,(H,16,17). The molecule has 0 spiro atoms. The van der Waals surface area contributed by atoms with Crippen molar-refractivity contribution in [2.24, 2.45) is 0 Å². The van der Waals surface area contributed by atoms with Crippen molar-refractivity contribution in [3.63, 3.8) is 0 Å². The third kappa shape index (κ3) is 3.23. The minimum absolute atomic E-state index is 0.126. The summed E-state index contributed by atoms with van der Waals surface area (Å²) in [6.07, 6.45) is -1.96. The number of esters is 1. The number of aromatic nitrogens is 3. The molecule has 1 unspecified atom stereocenters. The lowest BCUT2D eigenvalue weighted by Crippen LogP contribution is -2.28. The minimum atomic E-state index is -4.55. The first-order chi connectivity index (χ1) is 9.82. The van der Waals surface area contributed by atoms with Crippen LogP contribution in [0.2, 0.25) is 0 Å². The first-order valence-corrected chi connectivity index (χ1v) is 6.17. The number of nitrogens with zero attached hydrogens (tertiary/aromatic N) is 3. The molecule has 2 heterocycles. The molecule has 0 aromatic carbocycles. The van der Waals surface area contributed by atoms with Gasteiger partial charge >= 0.3 is 12.1 Å². The summed E-state index contributed by atoms with van der Waals surface area (Å²) < 4.78 is 43.8. The SMILES string of the molecule is CCOC(=O)C(C)Nc1nccn2nc(C(F)(F)F)cc12. The fourth-order valence-corrected chi connectivity index (χ4v) is 1.70. The molecule has 2 aromatic heterocycles. The smallest absolute Gasteiger partial charge is 0.435 e. The number of hydrogen-bond acceptors (Lipinski definition) is 5. The van der Waals surface area contributed by atoms with Gasteiger partial charge in [0, 0.05) is 18.5 Å². The molecule has 0 fully saturated rings. The van der Waals surface area contributed by atoms with Crippen LogP contribution in [-0.4, -0.2) is 33.2 Å². The van der Waals surface area contributed by atoms with Crippen LogP contribution in [0.1, 0.15) is 19.5 Å². The molecule has 0 saturated carbocycles. The summed E-state index contributed by atoms with van der Waals surface area (Å²) in [7, 11) is 0. The molecule has 0 radical (unpaired) electrons. The van der Waals surface area contributed by atoms with Crippen LogP contribution in [0.3, 0.4) is 0 Å². The number of rotatable bonds is 4. The first-order valence-electron chi connectivity index (χ1n) is 6.17. The largest absolute Gasteiger partial charge is 0.464 e. The monoisotopic (exact) mass is 302 g/mol. The summed E-state index contributed by atoms with van der Waals surface area (Å²) in [6.45, 7) is 3.41. The summed E-state index contributed by atoms with van der Waals surface area (Å²) in [5.41, 5.74) is -0.900. The van der Waals surface area contributed by atoms with Gasteiger partial charge in [-0.2, -0.15) is 18.3 Å². The van der Waals surface area contributed by atoms with Crippen molar-refractivity contribution in [3.8, 4) is 0 Å². The maximum atomic E-state index is 12.7. The number of ether oxygens (including phenoxy) is 1. The quantitative estimate of drug-likeness (QED) is 0.876. The number of carbonyl (C=O) groups is 1. The van der Waals surface area contributed by atoms with E-state index in [2.05, 4.69) is 15.4 Å². The molecule has 6 nitrogen and oxygen atoms in total. The maximum Gasteiger partial charge on any atom is 0.435 e. The van der Waals surface area contributed by atoms with Gasteiger partial charge < -0.3 is 10.1 Å². The average molecular weight is 302 g/mol. The Bertz CT molecular complexity index is 653. The van der Waals surface area contributed by atoms with E-state index < -0.39 is 23.9 Å². The van der Waals surface area contributed by atoms with E-state index in [0.29, 0.717) is 0 Å². The second-order valence-electron chi connectivity index (χ2n) is 4.25. The molecule has 9 heteroatoms. The van der Waals surface area contributed by atoms with E-state index in [4.69, 9.17) is 4.74 Å². The zero-order chi connectivity index (χ0) is 15.6. The number of nitrogens with one attached hydrogen (secondary N) is 1. The molecule has 0 aliphatic carbocycles. The van der Waals surface area contributed by atoms with Gasteiger partial charge in [0.2, 0.25) is 0 Å². The van der Waals surface area contributed by atoms with Crippen LogP contribution in [0, 0.1) is 0 Å². The Kier molecular flexibility index (Phi) is 4.01. The van der Waals surface area contributed by atoms with E-state index >= 15 is 0 Å². The highest BCUT2D eigenvalue weighted by Gasteiger charge is 2.34. The van der Waals surface area contributed by atoms with E-state index in [9.17, 15) is 18.0 Å². The van der Waals surface area contributed by atoms with Crippen LogP contribution in [0.4, 0.5) is 19.0 Å². The number of carbonyl (C=O) groups excluding carboxylic acids is 1. The predicted molar refractivity (Wildman–Crippen MR) is 67.7 cm³/mol. The summed E-state index contributed by atoms with van der Waals surface area (Å²) in [4.78, 5) is 15.5. The molecule has 0 aliphatic rings. The molecular weight excluding hydrogens is 289 g/mol. The molecule has 1 N–H and O–H groups in total. The highest BCUT2D eigenvalue weighted by molar-refractivity contribution is 5.81. The van der Waals surface area contributed by atoms with E-state index in [0.717, 1.165) is 10.6 Å². The highest BCUT2D eigenvalue weighted by Crippen LogP contribution is 2.30. The molecule has 21 heavy (non-hydrogen) atoms. The van der Waals surface area contributed by atoms with Gasteiger partial charge in [0.25, 0.3) is 0 Å². The predicted octanol–water partition coefficient (Wildman–Crippen LogP) is 2.11. The fraction of sp³-hybridized carbons (Fsp3) is 0.417. The number of alkyl halides is 3. The Morgan fingerprint density at radius 3 is 2.86 bits per heavy atom. The van der Waals surface area contributed by atoms with Crippen molar-refractivity contribution >= 4 is 17.3 Å². The highest BCUT2D eigenvalue weighted by atomic mass is 19.4. The van der Waals surface area contributed by atoms with Gasteiger partial charge in [-0.3, -0.25) is 0 Å². The number of hydrogen-bond donors (Lipinski definition) is 1. The van der Waals surface area contributed by atoms with Crippen molar-refractivity contribution in [2.75, 3.05) is 11.9 Å². The average Bonchev–Trinajstić information content (AvgIpc) is 2.84. The third-order valence-electron chi connectivity index (χ3n) is 2.67. The normalized spacial score (nSPS) is 13.2. The number of halogens is 3. The second-order valence-corrected chi connectivity index (χ2v) is 4.25. The van der Waals surface area contributed by atoms with Crippen LogP contribution in [0.5, 0.6) is 0 Å². The molecule has 0 saturated heterocycles. The Morgan fingerprint density at radius 2 is 2.24 bits per heavy atom. The van der Waals surface area contributed by atoms with E-state index in [1.54, 1.807) is 6.92 Å². The van der Waals surface area contributed by atoms with E-state index in [-0.39, 0.29) is 17.9 Å². The van der Waals surface area contributed by atoms with Gasteiger partial charge in [0.05, 0.1) is 6.61 Å². The summed E-state index contributed by atoms with van der Waals surface area (Å²) in [6, 6.07) is 0.126. The maximum absolute atomic E-state index is 12.7. The Hall–Kier alpha value is -2.32. The molecule has 0 aliphatic heterocycles. The van der Waals surface area contributed by atoms with Crippen molar-refractivity contribution in [3.05, 3.63) is 24.2 Å². The van der Waals surface area contributed by atoms with Crippen LogP contribution >= 0.6 is 0 Å². The second kappa shape index (κ2) is 5.58. The molecule has 0 amide bonds. The van der Waals surface area contributed by atoms with Gasteiger partial charge in [0.1, 0.15) is 11.6 Å². The van der Waals surface area contributed by atoms with Crippen molar-refractivity contribution < 1.29 is 22.7 Å². The first kappa shape index (κ1) is 15.1. The fourth-order valence-electron chi connectivity index (χ4n) is 1.70. The number of anilines is 1. The van der Waals surface area contributed by atoms with Gasteiger partial charge in [-0.05, 0) is 13.8 Å². The molecule has 114 valence electrons. The minimum Gasteiger partial charge on any atom is -0.464 e. The van der Waals surface area contributed by atoms with Gasteiger partial charge in [0.15, 0.2) is 11.5 Å². The summed E-state index contributed by atoms with van der Waals surface area (Å²) in [5, 5.41) is 6.15. The lowest BCUT2D eigenvalue weighted by atomic mass is 10.3.